The van der Waals surface area contributed by atoms with Gasteiger partial charge in [0.1, 0.15) is 11.5 Å². The molecule has 0 fully saturated rings. The number of hydrogen-bond donors (Lipinski definition) is 3. The van der Waals surface area contributed by atoms with Gasteiger partial charge in [-0.2, -0.15) is 0 Å². The van der Waals surface area contributed by atoms with Crippen LogP contribution in [0.15, 0.2) is 63.8 Å². The van der Waals surface area contributed by atoms with Crippen LogP contribution in [0.3, 0.4) is 0 Å². The number of anilines is 1. The van der Waals surface area contributed by atoms with Crippen LogP contribution in [0.1, 0.15) is 39.8 Å². The molecule has 0 saturated carbocycles. The first-order valence-corrected chi connectivity index (χ1v) is 10.9. The number of aromatic hydroxyl groups is 1. The first-order chi connectivity index (χ1) is 17.2. The fourth-order valence-corrected chi connectivity index (χ4v) is 3.51. The molecule has 3 N–H and O–H groups in total. The summed E-state index contributed by atoms with van der Waals surface area (Å²) in [6, 6.07) is 14.0. The van der Waals surface area contributed by atoms with Crippen molar-refractivity contribution >= 4 is 23.5 Å². The zero-order chi connectivity index (χ0) is 26.2. The average Bonchev–Trinajstić information content (AvgIpc) is 2.88. The third kappa shape index (κ3) is 6.50. The molecule has 0 aliphatic heterocycles. The molecule has 3 aromatic rings. The van der Waals surface area contributed by atoms with E-state index >= 15 is 0 Å². The molecule has 10 nitrogen and oxygen atoms in total. The predicted octanol–water partition coefficient (Wildman–Crippen LogP) is 2.73. The number of amides is 2. The summed E-state index contributed by atoms with van der Waals surface area (Å²) in [4.78, 5) is 48.7. The second-order valence-electron chi connectivity index (χ2n) is 7.86. The molecule has 1 unspecified atom stereocenters. The fourth-order valence-electron chi connectivity index (χ4n) is 3.51. The molecule has 0 spiro atoms. The highest BCUT2D eigenvalue weighted by Crippen LogP contribution is 2.33. The molecule has 3 rings (SSSR count). The highest BCUT2D eigenvalue weighted by Gasteiger charge is 2.26. The van der Waals surface area contributed by atoms with Crippen molar-refractivity contribution in [3.05, 3.63) is 87.5 Å². The van der Waals surface area contributed by atoms with Gasteiger partial charge in [-0.05, 0) is 48.9 Å². The standard InChI is InChI=1S/C26H26N2O8/c1-15-12-21(29)24(32)25(36-15)20(16-6-10-19(34-2)11-7-16)13-22(30)27-14-23(31)28-18-8-4-17(5-9-18)26(33)35-3/h4-12,20,32H,13-14H2,1-3H3,(H,27,30)(H,28,31). The van der Waals surface area contributed by atoms with Crippen molar-refractivity contribution in [2.45, 2.75) is 19.3 Å². The third-order valence-electron chi connectivity index (χ3n) is 5.33. The topological polar surface area (TPSA) is 144 Å². The minimum atomic E-state index is -0.794. The molecule has 0 aliphatic carbocycles. The quantitative estimate of drug-likeness (QED) is 0.385. The predicted molar refractivity (Wildman–Crippen MR) is 130 cm³/mol. The average molecular weight is 495 g/mol. The van der Waals surface area contributed by atoms with Crippen molar-refractivity contribution in [2.75, 3.05) is 26.1 Å². The maximum Gasteiger partial charge on any atom is 0.337 e. The van der Waals surface area contributed by atoms with Crippen molar-refractivity contribution in [2.24, 2.45) is 0 Å². The number of carbonyl (C=O) groups excluding carboxylic acids is 3. The summed E-state index contributed by atoms with van der Waals surface area (Å²) < 4.78 is 15.4. The molecule has 2 amide bonds. The van der Waals surface area contributed by atoms with Crippen LogP contribution in [-0.2, 0) is 14.3 Å². The van der Waals surface area contributed by atoms with Crippen LogP contribution in [0, 0.1) is 6.92 Å². The lowest BCUT2D eigenvalue weighted by Gasteiger charge is -2.18. The molecule has 1 heterocycles. The van der Waals surface area contributed by atoms with Crippen LogP contribution >= 0.6 is 0 Å². The largest absolute Gasteiger partial charge is 0.502 e. The van der Waals surface area contributed by atoms with Crippen LogP contribution in [0.5, 0.6) is 11.5 Å². The van der Waals surface area contributed by atoms with Crippen LogP contribution < -0.4 is 20.8 Å². The number of benzene rings is 2. The van der Waals surface area contributed by atoms with E-state index < -0.39 is 34.9 Å². The van der Waals surface area contributed by atoms with E-state index in [-0.39, 0.29) is 24.5 Å². The Balaban J connectivity index is 1.70. The Kier molecular flexibility index (Phi) is 8.45. The zero-order valence-electron chi connectivity index (χ0n) is 20.0. The summed E-state index contributed by atoms with van der Waals surface area (Å²) in [5.74, 6) is -2.04. The van der Waals surface area contributed by atoms with E-state index in [1.54, 1.807) is 31.2 Å². The van der Waals surface area contributed by atoms with Gasteiger partial charge in [0.25, 0.3) is 0 Å². The first-order valence-electron chi connectivity index (χ1n) is 10.9. The van der Waals surface area contributed by atoms with E-state index in [1.165, 1.54) is 38.5 Å². The second-order valence-corrected chi connectivity index (χ2v) is 7.86. The molecule has 1 atom stereocenters. The van der Waals surface area contributed by atoms with Gasteiger partial charge in [0.2, 0.25) is 23.0 Å². The number of carbonyl (C=O) groups is 3. The van der Waals surface area contributed by atoms with Gasteiger partial charge in [0.15, 0.2) is 5.76 Å². The lowest BCUT2D eigenvalue weighted by molar-refractivity contribution is -0.124. The number of esters is 1. The summed E-state index contributed by atoms with van der Waals surface area (Å²) in [6.45, 7) is 1.24. The summed E-state index contributed by atoms with van der Waals surface area (Å²) in [5.41, 5.74) is 0.749. The summed E-state index contributed by atoms with van der Waals surface area (Å²) >= 11 is 0. The van der Waals surface area contributed by atoms with Gasteiger partial charge in [0, 0.05) is 18.2 Å². The molecule has 2 aromatic carbocycles. The molecule has 0 bridgehead atoms. The Bertz CT molecular complexity index is 1300. The van der Waals surface area contributed by atoms with Crippen LogP contribution in [0.2, 0.25) is 0 Å². The number of hydrogen-bond acceptors (Lipinski definition) is 8. The smallest absolute Gasteiger partial charge is 0.337 e. The first kappa shape index (κ1) is 26.0. The molecule has 36 heavy (non-hydrogen) atoms. The van der Waals surface area contributed by atoms with E-state index in [2.05, 4.69) is 15.4 Å². The van der Waals surface area contributed by atoms with E-state index in [1.807, 2.05) is 0 Å². The number of aryl methyl sites for hydroxylation is 1. The third-order valence-corrected chi connectivity index (χ3v) is 5.33. The minimum absolute atomic E-state index is 0.0459. The minimum Gasteiger partial charge on any atom is -0.502 e. The van der Waals surface area contributed by atoms with Gasteiger partial charge in [-0.1, -0.05) is 12.1 Å². The maximum absolute atomic E-state index is 12.7. The SMILES string of the molecule is COC(=O)c1ccc(NC(=O)CNC(=O)CC(c2ccc(OC)cc2)c2oc(C)cc(=O)c2O)cc1. The number of rotatable bonds is 9. The zero-order valence-corrected chi connectivity index (χ0v) is 20.0. The normalized spacial score (nSPS) is 11.3. The molecular formula is C26H26N2O8. The van der Waals surface area contributed by atoms with E-state index in [9.17, 15) is 24.3 Å². The van der Waals surface area contributed by atoms with Crippen molar-refractivity contribution in [3.8, 4) is 11.5 Å². The second kappa shape index (κ2) is 11.7. The number of ether oxygens (including phenoxy) is 2. The Labute approximate surface area is 206 Å². The lowest BCUT2D eigenvalue weighted by Crippen LogP contribution is -2.33. The van der Waals surface area contributed by atoms with Crippen molar-refractivity contribution < 1.29 is 33.4 Å². The Morgan fingerprint density at radius 1 is 1.00 bits per heavy atom. The number of methoxy groups -OCH3 is 2. The van der Waals surface area contributed by atoms with Crippen molar-refractivity contribution in [1.82, 2.24) is 5.32 Å². The molecule has 0 saturated heterocycles. The fraction of sp³-hybridized carbons (Fsp3) is 0.231. The van der Waals surface area contributed by atoms with E-state index in [0.717, 1.165) is 6.07 Å². The maximum atomic E-state index is 12.7. The van der Waals surface area contributed by atoms with Crippen molar-refractivity contribution in [3.63, 3.8) is 0 Å². The highest BCUT2D eigenvalue weighted by atomic mass is 16.5. The Morgan fingerprint density at radius 3 is 2.28 bits per heavy atom. The van der Waals surface area contributed by atoms with Crippen molar-refractivity contribution in [1.29, 1.82) is 0 Å². The molecule has 10 heteroatoms. The van der Waals surface area contributed by atoms with Gasteiger partial charge >= 0.3 is 5.97 Å². The Hall–Kier alpha value is -4.60. The molecule has 0 aliphatic rings. The van der Waals surface area contributed by atoms with Crippen LogP contribution in [0.4, 0.5) is 5.69 Å². The lowest BCUT2D eigenvalue weighted by atomic mass is 9.91. The molecule has 188 valence electrons. The summed E-state index contributed by atoms with van der Waals surface area (Å²) in [7, 11) is 2.79. The van der Waals surface area contributed by atoms with Gasteiger partial charge in [-0.3, -0.25) is 14.4 Å². The van der Waals surface area contributed by atoms with Gasteiger partial charge in [0.05, 0.1) is 32.2 Å². The molecule has 1 aromatic heterocycles. The Morgan fingerprint density at radius 2 is 1.67 bits per heavy atom. The summed E-state index contributed by atoms with van der Waals surface area (Å²) in [5, 5.41) is 15.5. The van der Waals surface area contributed by atoms with E-state index in [4.69, 9.17) is 9.15 Å². The summed E-state index contributed by atoms with van der Waals surface area (Å²) in [6.07, 6.45) is -0.201. The number of nitrogens with one attached hydrogen (secondary N) is 2. The van der Waals surface area contributed by atoms with Crippen LogP contribution in [-0.4, -0.2) is 43.7 Å². The van der Waals surface area contributed by atoms with Crippen LogP contribution in [0.25, 0.3) is 0 Å². The van der Waals surface area contributed by atoms with Gasteiger partial charge in [-0.15, -0.1) is 0 Å². The molecular weight excluding hydrogens is 468 g/mol. The highest BCUT2D eigenvalue weighted by molar-refractivity contribution is 5.95. The van der Waals surface area contributed by atoms with Gasteiger partial charge in [-0.25, -0.2) is 4.79 Å². The van der Waals surface area contributed by atoms with Gasteiger partial charge < -0.3 is 29.6 Å². The van der Waals surface area contributed by atoms with E-state index in [0.29, 0.717) is 22.6 Å². The molecule has 0 radical (unpaired) electrons. The monoisotopic (exact) mass is 494 g/mol.